The molecule has 0 spiro atoms. The van der Waals surface area contributed by atoms with Crippen molar-refractivity contribution in [2.75, 3.05) is 18.0 Å². The van der Waals surface area contributed by atoms with E-state index < -0.39 is 5.97 Å². The maximum absolute atomic E-state index is 11.1. The summed E-state index contributed by atoms with van der Waals surface area (Å²) < 4.78 is 0. The van der Waals surface area contributed by atoms with Crippen LogP contribution in [-0.2, 0) is 0 Å². The van der Waals surface area contributed by atoms with Crippen LogP contribution in [-0.4, -0.2) is 24.2 Å². The number of hydrogen-bond donors (Lipinski definition) is 1. The molecule has 1 heterocycles. The van der Waals surface area contributed by atoms with E-state index in [1.165, 1.54) is 0 Å². The fourth-order valence-electron chi connectivity index (χ4n) is 2.15. The van der Waals surface area contributed by atoms with E-state index in [0.717, 1.165) is 18.8 Å². The van der Waals surface area contributed by atoms with Crippen molar-refractivity contribution < 1.29 is 9.90 Å². The van der Waals surface area contributed by atoms with Crippen LogP contribution in [0.4, 0.5) is 5.69 Å². The first-order valence-electron chi connectivity index (χ1n) is 5.97. The second kappa shape index (κ2) is 4.06. The number of para-hydroxylation sites is 1. The molecule has 3 nitrogen and oxygen atoms in total. The van der Waals surface area contributed by atoms with Gasteiger partial charge in [-0.2, -0.15) is 0 Å². The van der Waals surface area contributed by atoms with E-state index in [1.807, 2.05) is 12.1 Å². The van der Waals surface area contributed by atoms with Gasteiger partial charge in [0.15, 0.2) is 0 Å². The normalized spacial score (nSPS) is 16.8. The van der Waals surface area contributed by atoms with Crippen LogP contribution in [0, 0.1) is 11.3 Å². The lowest BCUT2D eigenvalue weighted by molar-refractivity contribution is 0.0697. The molecule has 0 bridgehead atoms. The summed E-state index contributed by atoms with van der Waals surface area (Å²) in [4.78, 5) is 13.3. The van der Waals surface area contributed by atoms with Gasteiger partial charge in [-0.15, -0.1) is 0 Å². The standard InChI is InChI=1S/C14H19NO2/c1-14(2,3)10-8-15(9-10)12-7-5-4-6-11(12)13(16)17/h4-7,10H,8-9H2,1-3H3,(H,16,17). The quantitative estimate of drug-likeness (QED) is 0.854. The van der Waals surface area contributed by atoms with Crippen molar-refractivity contribution in [3.63, 3.8) is 0 Å². The maximum Gasteiger partial charge on any atom is 0.337 e. The Morgan fingerprint density at radius 3 is 2.41 bits per heavy atom. The summed E-state index contributed by atoms with van der Waals surface area (Å²) in [7, 11) is 0. The van der Waals surface area contributed by atoms with Crippen molar-refractivity contribution in [3.8, 4) is 0 Å². The number of carbonyl (C=O) groups is 1. The van der Waals surface area contributed by atoms with Crippen LogP contribution in [0.25, 0.3) is 0 Å². The predicted octanol–water partition coefficient (Wildman–Crippen LogP) is 2.87. The molecule has 0 aromatic heterocycles. The highest BCUT2D eigenvalue weighted by atomic mass is 16.4. The third-order valence-electron chi connectivity index (χ3n) is 3.58. The minimum Gasteiger partial charge on any atom is -0.478 e. The molecule has 17 heavy (non-hydrogen) atoms. The second-order valence-electron chi connectivity index (χ2n) is 5.79. The van der Waals surface area contributed by atoms with Gasteiger partial charge in [0.2, 0.25) is 0 Å². The number of carboxylic acids is 1. The van der Waals surface area contributed by atoms with Gasteiger partial charge in [0.25, 0.3) is 0 Å². The number of hydrogen-bond acceptors (Lipinski definition) is 2. The highest BCUT2D eigenvalue weighted by Crippen LogP contribution is 2.37. The summed E-state index contributed by atoms with van der Waals surface area (Å²) in [6, 6.07) is 7.23. The van der Waals surface area contributed by atoms with Crippen LogP contribution < -0.4 is 4.90 Å². The minimum atomic E-state index is -0.847. The van der Waals surface area contributed by atoms with Gasteiger partial charge in [0.1, 0.15) is 0 Å². The molecular formula is C14H19NO2. The Hall–Kier alpha value is -1.51. The number of aromatic carboxylic acids is 1. The Bertz CT molecular complexity index is 428. The van der Waals surface area contributed by atoms with Gasteiger partial charge in [-0.25, -0.2) is 4.79 Å². The fourth-order valence-corrected chi connectivity index (χ4v) is 2.15. The van der Waals surface area contributed by atoms with Crippen LogP contribution in [0.2, 0.25) is 0 Å². The third kappa shape index (κ3) is 2.28. The topological polar surface area (TPSA) is 40.5 Å². The van der Waals surface area contributed by atoms with Crippen molar-refractivity contribution in [1.82, 2.24) is 0 Å². The molecular weight excluding hydrogens is 214 g/mol. The van der Waals surface area contributed by atoms with Crippen molar-refractivity contribution in [2.45, 2.75) is 20.8 Å². The molecule has 0 radical (unpaired) electrons. The number of nitrogens with zero attached hydrogens (tertiary/aromatic N) is 1. The Balaban J connectivity index is 2.14. The highest BCUT2D eigenvalue weighted by Gasteiger charge is 2.36. The van der Waals surface area contributed by atoms with Gasteiger partial charge in [-0.3, -0.25) is 0 Å². The summed E-state index contributed by atoms with van der Waals surface area (Å²) >= 11 is 0. The van der Waals surface area contributed by atoms with E-state index in [4.69, 9.17) is 5.11 Å². The lowest BCUT2D eigenvalue weighted by Gasteiger charge is -2.48. The molecule has 0 atom stereocenters. The van der Waals surface area contributed by atoms with Crippen LogP contribution in [0.5, 0.6) is 0 Å². The molecule has 1 aliphatic heterocycles. The molecule has 1 aromatic rings. The molecule has 0 amide bonds. The summed E-state index contributed by atoms with van der Waals surface area (Å²) in [5.74, 6) is -0.204. The van der Waals surface area contributed by atoms with Crippen LogP contribution in [0.1, 0.15) is 31.1 Å². The fraction of sp³-hybridized carbons (Fsp3) is 0.500. The van der Waals surface area contributed by atoms with Gasteiger partial charge in [-0.1, -0.05) is 32.9 Å². The second-order valence-corrected chi connectivity index (χ2v) is 5.79. The van der Waals surface area contributed by atoms with Gasteiger partial charge in [-0.05, 0) is 23.5 Å². The molecule has 1 saturated heterocycles. The Labute approximate surface area is 102 Å². The largest absolute Gasteiger partial charge is 0.478 e. The average molecular weight is 233 g/mol. The van der Waals surface area contributed by atoms with Gasteiger partial charge in [0.05, 0.1) is 11.3 Å². The minimum absolute atomic E-state index is 0.300. The molecule has 2 rings (SSSR count). The lowest BCUT2D eigenvalue weighted by Crippen LogP contribution is -2.52. The molecule has 0 aliphatic carbocycles. The number of anilines is 1. The van der Waals surface area contributed by atoms with Crippen LogP contribution in [0.15, 0.2) is 24.3 Å². The van der Waals surface area contributed by atoms with E-state index in [9.17, 15) is 4.79 Å². The lowest BCUT2D eigenvalue weighted by atomic mass is 9.75. The zero-order chi connectivity index (χ0) is 12.6. The summed E-state index contributed by atoms with van der Waals surface area (Å²) in [6.45, 7) is 8.61. The SMILES string of the molecule is CC(C)(C)C1CN(c2ccccc2C(=O)O)C1. The monoisotopic (exact) mass is 233 g/mol. The summed E-state index contributed by atoms with van der Waals surface area (Å²) in [5.41, 5.74) is 1.55. The number of carboxylic acid groups (broad SMARTS) is 1. The molecule has 3 heteroatoms. The molecule has 0 unspecified atom stereocenters. The van der Waals surface area contributed by atoms with Crippen molar-refractivity contribution in [1.29, 1.82) is 0 Å². The molecule has 1 fully saturated rings. The Kier molecular flexibility index (Phi) is 2.86. The van der Waals surface area contributed by atoms with Gasteiger partial charge >= 0.3 is 5.97 Å². The molecule has 0 saturated carbocycles. The smallest absolute Gasteiger partial charge is 0.337 e. The van der Waals surface area contributed by atoms with E-state index in [1.54, 1.807) is 12.1 Å². The Morgan fingerprint density at radius 1 is 1.29 bits per heavy atom. The van der Waals surface area contributed by atoms with Gasteiger partial charge < -0.3 is 10.0 Å². The van der Waals surface area contributed by atoms with E-state index in [0.29, 0.717) is 16.9 Å². The first-order valence-corrected chi connectivity index (χ1v) is 5.97. The number of benzene rings is 1. The van der Waals surface area contributed by atoms with E-state index in [2.05, 4.69) is 25.7 Å². The average Bonchev–Trinajstić information content (AvgIpc) is 2.13. The Morgan fingerprint density at radius 2 is 1.88 bits per heavy atom. The van der Waals surface area contributed by atoms with Crippen molar-refractivity contribution >= 4 is 11.7 Å². The summed E-state index contributed by atoms with van der Waals surface area (Å²) in [6.07, 6.45) is 0. The molecule has 92 valence electrons. The maximum atomic E-state index is 11.1. The van der Waals surface area contributed by atoms with Gasteiger partial charge in [0, 0.05) is 13.1 Å². The number of rotatable bonds is 2. The molecule has 1 N–H and O–H groups in total. The third-order valence-corrected chi connectivity index (χ3v) is 3.58. The van der Waals surface area contributed by atoms with Crippen molar-refractivity contribution in [3.05, 3.63) is 29.8 Å². The van der Waals surface area contributed by atoms with Crippen LogP contribution >= 0.6 is 0 Å². The molecule has 1 aromatic carbocycles. The first-order chi connectivity index (χ1) is 7.89. The first kappa shape index (κ1) is 12.0. The van der Waals surface area contributed by atoms with E-state index >= 15 is 0 Å². The predicted molar refractivity (Wildman–Crippen MR) is 68.6 cm³/mol. The zero-order valence-electron chi connectivity index (χ0n) is 10.6. The van der Waals surface area contributed by atoms with Crippen molar-refractivity contribution in [2.24, 2.45) is 11.3 Å². The highest BCUT2D eigenvalue weighted by molar-refractivity contribution is 5.94. The zero-order valence-corrected chi connectivity index (χ0v) is 10.6. The summed E-state index contributed by atoms with van der Waals surface area (Å²) in [5, 5.41) is 9.13. The van der Waals surface area contributed by atoms with E-state index in [-0.39, 0.29) is 0 Å². The molecule has 1 aliphatic rings. The van der Waals surface area contributed by atoms with Crippen LogP contribution in [0.3, 0.4) is 0 Å².